The van der Waals surface area contributed by atoms with Crippen LogP contribution in [0.1, 0.15) is 72.7 Å². The van der Waals surface area contributed by atoms with Crippen molar-refractivity contribution in [3.8, 4) is 16.2 Å². The van der Waals surface area contributed by atoms with Crippen LogP contribution >= 0.6 is 11.3 Å². The van der Waals surface area contributed by atoms with Crippen LogP contribution in [0.3, 0.4) is 0 Å². The molecule has 1 saturated carbocycles. The smallest absolute Gasteiger partial charge is 0.269 e. The number of benzene rings is 2. The minimum absolute atomic E-state index is 0.112. The van der Waals surface area contributed by atoms with Gasteiger partial charge in [-0.2, -0.15) is 0 Å². The van der Waals surface area contributed by atoms with E-state index in [2.05, 4.69) is 5.32 Å². The van der Waals surface area contributed by atoms with E-state index in [9.17, 15) is 9.59 Å². The fraction of sp³-hybridized carbons (Fsp3) is 0.419. The Morgan fingerprint density at radius 1 is 1.03 bits per heavy atom. The van der Waals surface area contributed by atoms with Crippen LogP contribution < -0.4 is 10.1 Å². The predicted octanol–water partition coefficient (Wildman–Crippen LogP) is 6.75. The van der Waals surface area contributed by atoms with E-state index in [1.807, 2.05) is 74.5 Å². The number of aryl methyl sites for hydroxylation is 1. The van der Waals surface area contributed by atoms with E-state index in [1.54, 1.807) is 4.90 Å². The molecule has 2 aromatic carbocycles. The molecule has 1 N–H and O–H groups in total. The Kier molecular flexibility index (Phi) is 7.65. The molecule has 1 aromatic heterocycles. The first kappa shape index (κ1) is 25.5. The highest BCUT2D eigenvalue weighted by atomic mass is 32.1. The van der Waals surface area contributed by atoms with Gasteiger partial charge in [-0.15, -0.1) is 11.3 Å². The average molecular weight is 517 g/mol. The summed E-state index contributed by atoms with van der Waals surface area (Å²) >= 11 is 1.43. The molecular weight excluding hydrogens is 480 g/mol. The Balaban J connectivity index is 1.47. The third-order valence-corrected chi connectivity index (χ3v) is 8.84. The first-order valence-electron chi connectivity index (χ1n) is 13.4. The number of hydrogen-bond acceptors (Lipinski definition) is 4. The Morgan fingerprint density at radius 3 is 2.41 bits per heavy atom. The Labute approximate surface area is 223 Å². The maximum absolute atomic E-state index is 14.1. The minimum Gasteiger partial charge on any atom is -0.489 e. The molecular formula is C31H36N2O3S. The number of carbonyl (C=O) groups is 2. The molecule has 0 saturated heterocycles. The van der Waals surface area contributed by atoms with Crippen LogP contribution in [0.4, 0.5) is 0 Å². The van der Waals surface area contributed by atoms with E-state index in [4.69, 9.17) is 4.74 Å². The van der Waals surface area contributed by atoms with Crippen molar-refractivity contribution in [1.29, 1.82) is 0 Å². The molecule has 0 radical (unpaired) electrons. The van der Waals surface area contributed by atoms with E-state index in [0.29, 0.717) is 17.2 Å². The maximum Gasteiger partial charge on any atom is 0.269 e. The highest BCUT2D eigenvalue weighted by Gasteiger charge is 2.47. The number of nitrogens with one attached hydrogen (secondary N) is 1. The summed E-state index contributed by atoms with van der Waals surface area (Å²) in [5.74, 6) is 0.276. The van der Waals surface area contributed by atoms with Crippen molar-refractivity contribution in [3.05, 3.63) is 76.7 Å². The monoisotopic (exact) mass is 516 g/mol. The largest absolute Gasteiger partial charge is 0.489 e. The molecule has 1 atom stereocenters. The quantitative estimate of drug-likeness (QED) is 0.408. The molecule has 5 rings (SSSR count). The van der Waals surface area contributed by atoms with Gasteiger partial charge in [0.1, 0.15) is 17.2 Å². The van der Waals surface area contributed by atoms with Crippen molar-refractivity contribution in [2.24, 2.45) is 0 Å². The van der Waals surface area contributed by atoms with Gasteiger partial charge in [0.05, 0.1) is 0 Å². The third kappa shape index (κ3) is 5.59. The van der Waals surface area contributed by atoms with Crippen LogP contribution in [-0.2, 0) is 11.3 Å². The summed E-state index contributed by atoms with van der Waals surface area (Å²) in [6.45, 7) is 4.35. The molecule has 1 fully saturated rings. The lowest BCUT2D eigenvalue weighted by Crippen LogP contribution is -2.62. The summed E-state index contributed by atoms with van der Waals surface area (Å²) < 4.78 is 6.27. The Bertz CT molecular complexity index is 1230. The van der Waals surface area contributed by atoms with Gasteiger partial charge in [-0.3, -0.25) is 9.59 Å². The lowest BCUT2D eigenvalue weighted by Gasteiger charge is -2.39. The number of amides is 2. The number of fused-ring (bicyclic) bond motifs is 1. The lowest BCUT2D eigenvalue weighted by atomic mass is 9.94. The second-order valence-electron chi connectivity index (χ2n) is 10.6. The zero-order chi connectivity index (χ0) is 25.8. The summed E-state index contributed by atoms with van der Waals surface area (Å²) in [7, 11) is 0. The summed E-state index contributed by atoms with van der Waals surface area (Å²) in [4.78, 5) is 31.3. The van der Waals surface area contributed by atoms with Crippen LogP contribution in [0.5, 0.6) is 5.75 Å². The van der Waals surface area contributed by atoms with Gasteiger partial charge in [0.25, 0.3) is 5.91 Å². The zero-order valence-electron chi connectivity index (χ0n) is 21.8. The number of ether oxygens (including phenoxy) is 1. The summed E-state index contributed by atoms with van der Waals surface area (Å²) in [5.41, 5.74) is 2.07. The summed E-state index contributed by atoms with van der Waals surface area (Å²) in [6, 6.07) is 20.3. The molecule has 3 aromatic rings. The number of carbonyl (C=O) groups excluding carboxylic acids is 2. The molecule has 2 heterocycles. The highest BCUT2D eigenvalue weighted by molar-refractivity contribution is 7.17. The fourth-order valence-electron chi connectivity index (χ4n) is 5.27. The number of rotatable bonds is 5. The molecule has 37 heavy (non-hydrogen) atoms. The van der Waals surface area contributed by atoms with Gasteiger partial charge >= 0.3 is 0 Å². The van der Waals surface area contributed by atoms with E-state index >= 15 is 0 Å². The molecule has 1 unspecified atom stereocenters. The van der Waals surface area contributed by atoms with Crippen LogP contribution in [0.2, 0.25) is 0 Å². The topological polar surface area (TPSA) is 58.6 Å². The van der Waals surface area contributed by atoms with E-state index in [0.717, 1.165) is 47.3 Å². The van der Waals surface area contributed by atoms with Crippen LogP contribution in [0, 0.1) is 6.92 Å². The van der Waals surface area contributed by atoms with Crippen molar-refractivity contribution in [2.75, 3.05) is 6.61 Å². The van der Waals surface area contributed by atoms with Gasteiger partial charge in [0.2, 0.25) is 5.91 Å². The van der Waals surface area contributed by atoms with Gasteiger partial charge in [-0.1, -0.05) is 92.3 Å². The Morgan fingerprint density at radius 2 is 1.70 bits per heavy atom. The third-order valence-electron chi connectivity index (χ3n) is 7.69. The summed E-state index contributed by atoms with van der Waals surface area (Å²) in [6.07, 6.45) is 7.94. The van der Waals surface area contributed by atoms with Crippen molar-refractivity contribution in [1.82, 2.24) is 10.2 Å². The molecule has 1 aliphatic carbocycles. The molecule has 1 aliphatic heterocycles. The Hall–Kier alpha value is -3.12. The summed E-state index contributed by atoms with van der Waals surface area (Å²) in [5, 5.41) is 3.32. The van der Waals surface area contributed by atoms with Crippen molar-refractivity contribution < 1.29 is 14.3 Å². The molecule has 2 aliphatic rings. The van der Waals surface area contributed by atoms with Gasteiger partial charge in [-0.25, -0.2) is 0 Å². The average Bonchev–Trinajstić information content (AvgIpc) is 3.29. The van der Waals surface area contributed by atoms with E-state index in [-0.39, 0.29) is 24.5 Å². The number of thiophene rings is 1. The van der Waals surface area contributed by atoms with Gasteiger partial charge in [0.15, 0.2) is 5.54 Å². The van der Waals surface area contributed by atoms with E-state index < -0.39 is 5.54 Å². The maximum atomic E-state index is 14.1. The SMILES string of the molecule is Cc1ccc(CN2C(=O)c3sc(-c4ccccc4)cc3OCC2(C)C(=O)NC2CCCCCCC2)cc1. The lowest BCUT2D eigenvalue weighted by molar-refractivity contribution is -0.134. The normalized spacial score (nSPS) is 20.8. The second kappa shape index (κ2) is 11.1. The van der Waals surface area contributed by atoms with Crippen molar-refractivity contribution in [2.45, 2.75) is 76.9 Å². The second-order valence-corrected chi connectivity index (χ2v) is 11.7. The zero-order valence-corrected chi connectivity index (χ0v) is 22.6. The molecule has 2 amide bonds. The van der Waals surface area contributed by atoms with Crippen LogP contribution in [0.25, 0.3) is 10.4 Å². The van der Waals surface area contributed by atoms with Crippen molar-refractivity contribution >= 4 is 23.2 Å². The predicted molar refractivity (Wildman–Crippen MR) is 149 cm³/mol. The van der Waals surface area contributed by atoms with Gasteiger partial charge < -0.3 is 15.0 Å². The number of hydrogen-bond donors (Lipinski definition) is 1. The molecule has 194 valence electrons. The molecule has 6 heteroatoms. The first-order chi connectivity index (χ1) is 17.9. The standard InChI is InChI=1S/C31H36N2O3S/c1-22-15-17-23(18-16-22)20-33-29(34)28-26(19-27(37-28)24-11-7-6-8-12-24)36-21-31(33,2)30(35)32-25-13-9-4-3-5-10-14-25/h6-8,11-12,15-19,25H,3-5,9-10,13-14,20-21H2,1-2H3,(H,32,35). The number of nitrogens with zero attached hydrogens (tertiary/aromatic N) is 1. The van der Waals surface area contributed by atoms with Crippen LogP contribution in [-0.4, -0.2) is 34.9 Å². The van der Waals surface area contributed by atoms with Crippen LogP contribution in [0.15, 0.2) is 60.7 Å². The molecule has 0 bridgehead atoms. The van der Waals surface area contributed by atoms with Crippen molar-refractivity contribution in [3.63, 3.8) is 0 Å². The first-order valence-corrected chi connectivity index (χ1v) is 14.3. The van der Waals surface area contributed by atoms with Gasteiger partial charge in [0, 0.05) is 17.5 Å². The minimum atomic E-state index is -1.13. The molecule has 0 spiro atoms. The van der Waals surface area contributed by atoms with Gasteiger partial charge in [-0.05, 0) is 43.9 Å². The molecule has 5 nitrogen and oxygen atoms in total. The van der Waals surface area contributed by atoms with E-state index in [1.165, 1.54) is 30.6 Å². The fourth-order valence-corrected chi connectivity index (χ4v) is 6.33. The highest BCUT2D eigenvalue weighted by Crippen LogP contribution is 2.41.